The molecule has 0 saturated heterocycles. The van der Waals surface area contributed by atoms with Gasteiger partial charge in [-0.15, -0.1) is 0 Å². The van der Waals surface area contributed by atoms with Crippen molar-refractivity contribution in [3.8, 4) is 11.3 Å². The Balaban J connectivity index is 2.14. The Bertz CT molecular complexity index is 904. The molecule has 1 aromatic heterocycles. The van der Waals surface area contributed by atoms with Gasteiger partial charge in [0.1, 0.15) is 12.2 Å². The predicted molar refractivity (Wildman–Crippen MR) is 105 cm³/mol. The van der Waals surface area contributed by atoms with E-state index in [1.54, 1.807) is 32.2 Å². The van der Waals surface area contributed by atoms with Crippen LogP contribution in [-0.2, 0) is 17.0 Å². The summed E-state index contributed by atoms with van der Waals surface area (Å²) in [5, 5.41) is 11.1. The van der Waals surface area contributed by atoms with Gasteiger partial charge in [-0.05, 0) is 67.5 Å². The van der Waals surface area contributed by atoms with Gasteiger partial charge in [-0.3, -0.25) is 15.2 Å². The smallest absolute Gasteiger partial charge is 0.188 e. The molecule has 0 bridgehead atoms. The molecule has 27 heavy (non-hydrogen) atoms. The third-order valence-corrected chi connectivity index (χ3v) is 4.91. The molecule has 1 aliphatic carbocycles. The second kappa shape index (κ2) is 7.43. The first-order valence-electron chi connectivity index (χ1n) is 9.04. The molecule has 0 amide bonds. The molecule has 1 saturated carbocycles. The molecule has 0 radical (unpaired) electrons. The van der Waals surface area contributed by atoms with E-state index in [0.717, 1.165) is 24.0 Å². The number of amidine groups is 1. The third kappa shape index (κ3) is 3.68. The van der Waals surface area contributed by atoms with E-state index in [1.807, 2.05) is 24.3 Å². The number of aromatic nitrogens is 1. The van der Waals surface area contributed by atoms with Gasteiger partial charge in [0.2, 0.25) is 0 Å². The lowest BCUT2D eigenvalue weighted by Crippen LogP contribution is -2.53. The fourth-order valence-electron chi connectivity index (χ4n) is 3.57. The lowest BCUT2D eigenvalue weighted by atomic mass is 9.78. The number of rotatable bonds is 7. The van der Waals surface area contributed by atoms with Gasteiger partial charge in [-0.2, -0.15) is 0 Å². The second-order valence-electron chi connectivity index (χ2n) is 7.21. The van der Waals surface area contributed by atoms with Crippen LogP contribution in [0.2, 0.25) is 0 Å². The standard InChI is InChI=1S/C22H24FN3O/c1-14(2)21(27)22(18-7-8-18,26-15(3)24)19-6-4-5-17(12-19)20-11-16(13-23)9-10-25-20/h4-6,9-12,18H,1,7-8,13H2,2-3H3,(H2,24,26). The van der Waals surface area contributed by atoms with Crippen LogP contribution in [0.3, 0.4) is 0 Å². The maximum atomic E-state index is 13.2. The Morgan fingerprint density at radius 1 is 1.33 bits per heavy atom. The number of nitrogens with zero attached hydrogens (tertiary/aromatic N) is 1. The number of ketones is 1. The number of Topliss-reactive ketones (excluding diaryl/α,β-unsaturated/α-hetero) is 1. The second-order valence-corrected chi connectivity index (χ2v) is 7.21. The summed E-state index contributed by atoms with van der Waals surface area (Å²) in [6, 6.07) is 10.9. The quantitative estimate of drug-likeness (QED) is 0.430. The van der Waals surface area contributed by atoms with E-state index >= 15 is 0 Å². The van der Waals surface area contributed by atoms with Crippen molar-refractivity contribution in [2.24, 2.45) is 5.92 Å². The molecule has 4 nitrogen and oxygen atoms in total. The Hall–Kier alpha value is -2.82. The average molecular weight is 365 g/mol. The summed E-state index contributed by atoms with van der Waals surface area (Å²) in [5.41, 5.74) is 2.28. The van der Waals surface area contributed by atoms with Crippen LogP contribution >= 0.6 is 0 Å². The summed E-state index contributed by atoms with van der Waals surface area (Å²) in [6.07, 6.45) is 3.42. The molecule has 140 valence electrons. The van der Waals surface area contributed by atoms with Gasteiger partial charge in [0.15, 0.2) is 5.78 Å². The fourth-order valence-corrected chi connectivity index (χ4v) is 3.57. The lowest BCUT2D eigenvalue weighted by Gasteiger charge is -2.35. The van der Waals surface area contributed by atoms with Gasteiger partial charge in [-0.1, -0.05) is 24.8 Å². The van der Waals surface area contributed by atoms with Crippen LogP contribution < -0.4 is 5.32 Å². The zero-order chi connectivity index (χ0) is 19.6. The molecule has 2 N–H and O–H groups in total. The number of hydrogen-bond acceptors (Lipinski definition) is 3. The molecule has 1 heterocycles. The monoisotopic (exact) mass is 365 g/mol. The molecule has 1 fully saturated rings. The van der Waals surface area contributed by atoms with Crippen molar-refractivity contribution in [2.75, 3.05) is 0 Å². The number of alkyl halides is 1. The summed E-state index contributed by atoms with van der Waals surface area (Å²) in [6.45, 7) is 6.64. The SMILES string of the molecule is C=C(C)C(=O)C(NC(C)=N)(c1cccc(-c2cc(CF)ccn2)c1)C1CC1. The Morgan fingerprint density at radius 3 is 2.67 bits per heavy atom. The van der Waals surface area contributed by atoms with Gasteiger partial charge in [0.25, 0.3) is 0 Å². The van der Waals surface area contributed by atoms with Crippen molar-refractivity contribution in [3.63, 3.8) is 0 Å². The van der Waals surface area contributed by atoms with E-state index in [1.165, 1.54) is 0 Å². The zero-order valence-corrected chi connectivity index (χ0v) is 15.7. The van der Waals surface area contributed by atoms with E-state index in [4.69, 9.17) is 5.41 Å². The molecular formula is C22H24FN3O. The maximum Gasteiger partial charge on any atom is 0.188 e. The van der Waals surface area contributed by atoms with Crippen molar-refractivity contribution in [3.05, 3.63) is 65.9 Å². The summed E-state index contributed by atoms with van der Waals surface area (Å²) in [4.78, 5) is 17.6. The van der Waals surface area contributed by atoms with Crippen LogP contribution in [0.25, 0.3) is 11.3 Å². The van der Waals surface area contributed by atoms with Crippen LogP contribution in [0.15, 0.2) is 54.7 Å². The van der Waals surface area contributed by atoms with Gasteiger partial charge < -0.3 is 5.32 Å². The van der Waals surface area contributed by atoms with Crippen LogP contribution in [0.4, 0.5) is 4.39 Å². The number of hydrogen-bond donors (Lipinski definition) is 2. The van der Waals surface area contributed by atoms with Gasteiger partial charge in [0, 0.05) is 11.8 Å². The predicted octanol–water partition coefficient (Wildman–Crippen LogP) is 4.56. The number of carbonyl (C=O) groups is 1. The Morgan fingerprint density at radius 2 is 2.07 bits per heavy atom. The molecule has 5 heteroatoms. The molecule has 3 rings (SSSR count). The van der Waals surface area contributed by atoms with Crippen LogP contribution in [0.5, 0.6) is 0 Å². The summed E-state index contributed by atoms with van der Waals surface area (Å²) < 4.78 is 13.0. The average Bonchev–Trinajstić information content (AvgIpc) is 3.51. The van der Waals surface area contributed by atoms with E-state index in [9.17, 15) is 9.18 Å². The first kappa shape index (κ1) is 19.0. The minimum atomic E-state index is -0.995. The van der Waals surface area contributed by atoms with E-state index < -0.39 is 12.2 Å². The first-order valence-corrected chi connectivity index (χ1v) is 9.04. The van der Waals surface area contributed by atoms with Crippen molar-refractivity contribution in [2.45, 2.75) is 38.9 Å². The Labute approximate surface area is 159 Å². The number of nitrogens with one attached hydrogen (secondary N) is 2. The van der Waals surface area contributed by atoms with E-state index in [-0.39, 0.29) is 17.5 Å². The van der Waals surface area contributed by atoms with Crippen LogP contribution in [-0.4, -0.2) is 16.6 Å². The van der Waals surface area contributed by atoms with Crippen molar-refractivity contribution < 1.29 is 9.18 Å². The van der Waals surface area contributed by atoms with Crippen molar-refractivity contribution in [1.29, 1.82) is 5.41 Å². The first-order chi connectivity index (χ1) is 12.9. The van der Waals surface area contributed by atoms with Crippen molar-refractivity contribution in [1.82, 2.24) is 10.3 Å². The minimum absolute atomic E-state index is 0.0979. The highest BCUT2D eigenvalue weighted by molar-refractivity contribution is 6.05. The molecule has 0 aliphatic heterocycles. The number of benzene rings is 1. The molecule has 1 atom stereocenters. The van der Waals surface area contributed by atoms with E-state index in [0.29, 0.717) is 16.8 Å². The minimum Gasteiger partial charge on any atom is -0.358 e. The molecule has 1 aromatic carbocycles. The summed E-state index contributed by atoms with van der Waals surface area (Å²) in [7, 11) is 0. The van der Waals surface area contributed by atoms with Gasteiger partial charge in [-0.25, -0.2) is 4.39 Å². The van der Waals surface area contributed by atoms with Gasteiger partial charge >= 0.3 is 0 Å². The molecule has 2 aromatic rings. The highest BCUT2D eigenvalue weighted by atomic mass is 19.1. The largest absolute Gasteiger partial charge is 0.358 e. The third-order valence-electron chi connectivity index (χ3n) is 4.91. The summed E-state index contributed by atoms with van der Waals surface area (Å²) >= 11 is 0. The number of pyridine rings is 1. The zero-order valence-electron chi connectivity index (χ0n) is 15.7. The normalized spacial score (nSPS) is 15.7. The highest BCUT2D eigenvalue weighted by Gasteiger charge is 2.52. The molecule has 1 aliphatic rings. The number of halogens is 1. The fraction of sp³-hybridized carbons (Fsp3) is 0.318. The molecular weight excluding hydrogens is 341 g/mol. The number of carbonyl (C=O) groups excluding carboxylic acids is 1. The Kier molecular flexibility index (Phi) is 5.22. The molecule has 1 unspecified atom stereocenters. The highest BCUT2D eigenvalue weighted by Crippen LogP contribution is 2.48. The maximum absolute atomic E-state index is 13.2. The van der Waals surface area contributed by atoms with Gasteiger partial charge in [0.05, 0.1) is 11.5 Å². The van der Waals surface area contributed by atoms with Crippen LogP contribution in [0, 0.1) is 11.3 Å². The topological polar surface area (TPSA) is 65.8 Å². The van der Waals surface area contributed by atoms with Crippen LogP contribution in [0.1, 0.15) is 37.8 Å². The molecule has 0 spiro atoms. The van der Waals surface area contributed by atoms with E-state index in [2.05, 4.69) is 16.9 Å². The van der Waals surface area contributed by atoms with Crippen molar-refractivity contribution >= 4 is 11.6 Å². The summed E-state index contributed by atoms with van der Waals surface area (Å²) in [5.74, 6) is 0.251. The lowest BCUT2D eigenvalue weighted by molar-refractivity contribution is -0.122.